The number of hydrogen-bond acceptors (Lipinski definition) is 5. The van der Waals surface area contributed by atoms with Crippen molar-refractivity contribution in [3.05, 3.63) is 24.0 Å². The maximum Gasteiger partial charge on any atom is 0.493 e. The second-order valence-electron chi connectivity index (χ2n) is 8.35. The maximum absolute atomic E-state index is 12.5. The van der Waals surface area contributed by atoms with Gasteiger partial charge in [0.25, 0.3) is 0 Å². The number of aromatic amines is 1. The summed E-state index contributed by atoms with van der Waals surface area (Å²) in [4.78, 5) is 7.51. The Morgan fingerprint density at radius 2 is 2.33 bits per heavy atom. The van der Waals surface area contributed by atoms with Crippen molar-refractivity contribution in [2.75, 3.05) is 18.8 Å². The smallest absolute Gasteiger partial charge is 0.423 e. The number of nitrogens with one attached hydrogen (secondary N) is 1. The molecule has 5 rings (SSSR count). The Balaban J connectivity index is 1.50. The Morgan fingerprint density at radius 3 is 3.07 bits per heavy atom. The van der Waals surface area contributed by atoms with Crippen molar-refractivity contribution in [1.29, 1.82) is 0 Å². The monoisotopic (exact) mass is 389 g/mol. The van der Waals surface area contributed by atoms with Crippen molar-refractivity contribution in [3.63, 3.8) is 0 Å². The van der Waals surface area contributed by atoms with E-state index in [9.17, 15) is 13.4 Å². The zero-order valence-corrected chi connectivity index (χ0v) is 16.4. The third kappa shape index (κ3) is 2.20. The number of fused-ring (bicyclic) bond motifs is 4. The number of sulfonamides is 1. The van der Waals surface area contributed by atoms with Gasteiger partial charge < -0.3 is 14.7 Å². The molecule has 0 amide bonds. The third-order valence-electron chi connectivity index (χ3n) is 7.07. The number of hydrogen-bond donors (Lipinski definition) is 2. The molecule has 2 aromatic heterocycles. The van der Waals surface area contributed by atoms with Crippen LogP contribution in [-0.4, -0.2) is 53.7 Å². The summed E-state index contributed by atoms with van der Waals surface area (Å²) in [5.41, 5.74) is 1.89. The lowest BCUT2D eigenvalue weighted by Gasteiger charge is -2.59. The minimum Gasteiger partial charge on any atom is -0.423 e. The van der Waals surface area contributed by atoms with Crippen LogP contribution in [0.25, 0.3) is 11.0 Å². The molecule has 1 saturated heterocycles. The lowest BCUT2D eigenvalue weighted by atomic mass is 9.49. The van der Waals surface area contributed by atoms with Crippen LogP contribution >= 0.6 is 0 Å². The van der Waals surface area contributed by atoms with E-state index in [4.69, 9.17) is 4.65 Å². The fraction of sp³-hybridized carbons (Fsp3) is 0.611. The molecule has 7 nitrogen and oxygen atoms in total. The highest BCUT2D eigenvalue weighted by Crippen LogP contribution is 2.66. The van der Waals surface area contributed by atoms with E-state index in [1.165, 1.54) is 0 Å². The predicted octanol–water partition coefficient (Wildman–Crippen LogP) is 0.948. The average Bonchev–Trinajstić information content (AvgIpc) is 3.33. The summed E-state index contributed by atoms with van der Waals surface area (Å²) in [5.74, 6) is 0.319. The van der Waals surface area contributed by atoms with Gasteiger partial charge in [-0.25, -0.2) is 17.7 Å². The fourth-order valence-electron chi connectivity index (χ4n) is 5.62. The SMILES string of the molecule is CCCS(=O)(=O)N1CCC2(C1)CC1(OB(O)c3cnc4[nH]ccc4c31)C2C. The van der Waals surface area contributed by atoms with Crippen LogP contribution in [-0.2, 0) is 20.3 Å². The highest BCUT2D eigenvalue weighted by Gasteiger charge is 2.69. The summed E-state index contributed by atoms with van der Waals surface area (Å²) in [6.07, 6.45) is 5.75. The largest absolute Gasteiger partial charge is 0.493 e. The van der Waals surface area contributed by atoms with Crippen molar-refractivity contribution in [2.45, 2.75) is 38.7 Å². The topological polar surface area (TPSA) is 95.5 Å². The first kappa shape index (κ1) is 17.7. The number of rotatable bonds is 3. The molecular formula is C18H24BN3O4S. The van der Waals surface area contributed by atoms with Gasteiger partial charge in [-0.1, -0.05) is 13.8 Å². The van der Waals surface area contributed by atoms with Gasteiger partial charge in [0.15, 0.2) is 0 Å². The molecule has 144 valence electrons. The van der Waals surface area contributed by atoms with Crippen LogP contribution in [0.4, 0.5) is 0 Å². The first-order valence-electron chi connectivity index (χ1n) is 9.63. The summed E-state index contributed by atoms with van der Waals surface area (Å²) >= 11 is 0. The molecule has 3 atom stereocenters. The molecule has 0 aromatic carbocycles. The normalized spacial score (nSPS) is 33.3. The van der Waals surface area contributed by atoms with Crippen molar-refractivity contribution in [2.24, 2.45) is 11.3 Å². The van der Waals surface area contributed by atoms with E-state index >= 15 is 0 Å². The molecule has 2 fully saturated rings. The van der Waals surface area contributed by atoms with E-state index in [-0.39, 0.29) is 17.1 Å². The van der Waals surface area contributed by atoms with E-state index in [0.717, 1.165) is 34.9 Å². The van der Waals surface area contributed by atoms with Crippen LogP contribution in [0.5, 0.6) is 0 Å². The van der Waals surface area contributed by atoms with E-state index in [1.54, 1.807) is 10.5 Å². The Bertz CT molecular complexity index is 1020. The van der Waals surface area contributed by atoms with Crippen molar-refractivity contribution in [1.82, 2.24) is 14.3 Å². The van der Waals surface area contributed by atoms with E-state index in [1.807, 2.05) is 19.2 Å². The minimum absolute atomic E-state index is 0.0892. The fourth-order valence-corrected chi connectivity index (χ4v) is 7.22. The third-order valence-corrected chi connectivity index (χ3v) is 9.09. The molecule has 1 aliphatic carbocycles. The zero-order valence-electron chi connectivity index (χ0n) is 15.6. The quantitative estimate of drug-likeness (QED) is 0.763. The van der Waals surface area contributed by atoms with Gasteiger partial charge in [-0.15, -0.1) is 0 Å². The Labute approximate surface area is 159 Å². The van der Waals surface area contributed by atoms with Gasteiger partial charge in [0.05, 0.1) is 11.4 Å². The van der Waals surface area contributed by atoms with Gasteiger partial charge in [0.2, 0.25) is 10.0 Å². The molecule has 2 aromatic rings. The van der Waals surface area contributed by atoms with Gasteiger partial charge in [-0.2, -0.15) is 0 Å². The van der Waals surface area contributed by atoms with Gasteiger partial charge in [-0.05, 0) is 42.2 Å². The van der Waals surface area contributed by atoms with Gasteiger partial charge >= 0.3 is 7.12 Å². The average molecular weight is 389 g/mol. The molecule has 27 heavy (non-hydrogen) atoms. The van der Waals surface area contributed by atoms with Crippen LogP contribution < -0.4 is 5.46 Å². The van der Waals surface area contributed by atoms with E-state index < -0.39 is 22.7 Å². The van der Waals surface area contributed by atoms with Gasteiger partial charge in [0.1, 0.15) is 5.65 Å². The highest BCUT2D eigenvalue weighted by atomic mass is 32.2. The van der Waals surface area contributed by atoms with Crippen LogP contribution in [0.3, 0.4) is 0 Å². The predicted molar refractivity (Wildman–Crippen MR) is 103 cm³/mol. The van der Waals surface area contributed by atoms with Gasteiger partial charge in [-0.3, -0.25) is 0 Å². The van der Waals surface area contributed by atoms with Crippen LogP contribution in [0.2, 0.25) is 0 Å². The maximum atomic E-state index is 12.5. The summed E-state index contributed by atoms with van der Waals surface area (Å²) in [6.45, 7) is 5.16. The molecule has 0 radical (unpaired) electrons. The number of aromatic nitrogens is 2. The van der Waals surface area contributed by atoms with Crippen molar-refractivity contribution in [3.8, 4) is 0 Å². The molecule has 0 bridgehead atoms. The molecule has 4 heterocycles. The number of H-pyrrole nitrogens is 1. The summed E-state index contributed by atoms with van der Waals surface area (Å²) in [6, 6.07) is 1.98. The van der Waals surface area contributed by atoms with Crippen LogP contribution in [0, 0.1) is 11.3 Å². The second kappa shape index (κ2) is 5.56. The summed E-state index contributed by atoms with van der Waals surface area (Å²) in [7, 11) is -4.16. The lowest BCUT2D eigenvalue weighted by Crippen LogP contribution is -2.60. The molecule has 1 saturated carbocycles. The second-order valence-corrected chi connectivity index (χ2v) is 10.4. The first-order valence-corrected chi connectivity index (χ1v) is 11.2. The Kier molecular flexibility index (Phi) is 3.64. The molecule has 2 spiro atoms. The molecule has 3 aliphatic rings. The van der Waals surface area contributed by atoms with Crippen molar-refractivity contribution >= 4 is 33.6 Å². The highest BCUT2D eigenvalue weighted by molar-refractivity contribution is 7.89. The van der Waals surface area contributed by atoms with E-state index in [2.05, 4.69) is 16.9 Å². The van der Waals surface area contributed by atoms with Crippen LogP contribution in [0.15, 0.2) is 18.5 Å². The minimum atomic E-state index is -3.18. The summed E-state index contributed by atoms with van der Waals surface area (Å²) in [5, 5.41) is 11.5. The Hall–Kier alpha value is -1.42. The molecule has 9 heteroatoms. The molecule has 3 unspecified atom stereocenters. The molecule has 2 aliphatic heterocycles. The Morgan fingerprint density at radius 1 is 1.52 bits per heavy atom. The number of nitrogens with zero attached hydrogens (tertiary/aromatic N) is 2. The lowest BCUT2D eigenvalue weighted by molar-refractivity contribution is -0.170. The number of pyridine rings is 1. The van der Waals surface area contributed by atoms with Crippen molar-refractivity contribution < 1.29 is 18.1 Å². The molecular weight excluding hydrogens is 365 g/mol. The van der Waals surface area contributed by atoms with Gasteiger partial charge in [0, 0.05) is 36.3 Å². The standard InChI is InChI=1S/C18H24BN3O4S/c1-3-8-27(24,25)22-7-5-17(11-22)10-18(12(17)2)15-13-4-6-20-16(13)21-9-14(15)19(23)26-18/h4,6,9,12,23H,3,5,7-8,10-11H2,1-2H3,(H,20,21). The van der Waals surface area contributed by atoms with Crippen LogP contribution in [0.1, 0.15) is 38.7 Å². The zero-order chi connectivity index (χ0) is 19.0. The van der Waals surface area contributed by atoms with E-state index in [0.29, 0.717) is 19.5 Å². The molecule has 2 N–H and O–H groups in total. The first-order chi connectivity index (χ1) is 12.8. The summed E-state index contributed by atoms with van der Waals surface area (Å²) < 4.78 is 32.8.